The number of nitrogens with one attached hydrogen (secondary N) is 1. The van der Waals surface area contributed by atoms with Crippen molar-refractivity contribution in [3.63, 3.8) is 0 Å². The molecule has 0 aromatic heterocycles. The molecule has 2 amide bonds. The van der Waals surface area contributed by atoms with E-state index in [1.165, 1.54) is 11.0 Å². The molecule has 7 heteroatoms. The lowest BCUT2D eigenvalue weighted by Gasteiger charge is -2.35. The van der Waals surface area contributed by atoms with Gasteiger partial charge in [-0.25, -0.2) is 0 Å². The molecule has 0 aliphatic carbocycles. The number of anilines is 1. The Labute approximate surface area is 156 Å². The van der Waals surface area contributed by atoms with Gasteiger partial charge in [-0.15, -0.1) is 0 Å². The van der Waals surface area contributed by atoms with E-state index in [9.17, 15) is 14.7 Å². The quantitative estimate of drug-likeness (QED) is 0.858. The molecule has 7 nitrogen and oxygen atoms in total. The van der Waals surface area contributed by atoms with E-state index in [0.29, 0.717) is 22.4 Å². The normalized spacial score (nSPS) is 17.9. The van der Waals surface area contributed by atoms with E-state index in [0.717, 1.165) is 0 Å². The minimum Gasteiger partial charge on any atom is -0.386 e. The summed E-state index contributed by atoms with van der Waals surface area (Å²) >= 11 is 0. The van der Waals surface area contributed by atoms with E-state index >= 15 is 0 Å². The summed E-state index contributed by atoms with van der Waals surface area (Å²) in [5.41, 5.74) is 1.98. The number of hydrogen-bond acceptors (Lipinski definition) is 5. The highest BCUT2D eigenvalue weighted by atomic mass is 16.5. The van der Waals surface area contributed by atoms with E-state index in [-0.39, 0.29) is 25.0 Å². The highest BCUT2D eigenvalue weighted by molar-refractivity contribution is 6.04. The fourth-order valence-electron chi connectivity index (χ4n) is 2.89. The highest BCUT2D eigenvalue weighted by Crippen LogP contribution is 2.24. The first-order valence-corrected chi connectivity index (χ1v) is 8.42. The number of hydrogen-bond donors (Lipinski definition) is 2. The van der Waals surface area contributed by atoms with Crippen molar-refractivity contribution in [2.24, 2.45) is 0 Å². The van der Waals surface area contributed by atoms with Crippen molar-refractivity contribution in [1.82, 2.24) is 4.90 Å². The second-order valence-electron chi connectivity index (χ2n) is 6.30. The third-order valence-corrected chi connectivity index (χ3v) is 4.53. The van der Waals surface area contributed by atoms with Crippen LogP contribution in [0.15, 0.2) is 48.5 Å². The predicted molar refractivity (Wildman–Crippen MR) is 97.9 cm³/mol. The molecule has 0 unspecified atom stereocenters. The minimum absolute atomic E-state index is 0.0255. The van der Waals surface area contributed by atoms with Crippen LogP contribution in [0.25, 0.3) is 0 Å². The zero-order valence-corrected chi connectivity index (χ0v) is 14.8. The lowest BCUT2D eigenvalue weighted by Crippen LogP contribution is -2.49. The average molecular weight is 365 g/mol. The van der Waals surface area contributed by atoms with Gasteiger partial charge in [0, 0.05) is 18.3 Å². The fourth-order valence-corrected chi connectivity index (χ4v) is 2.89. The lowest BCUT2D eigenvalue weighted by molar-refractivity contribution is -0.151. The molecule has 2 aromatic carbocycles. The van der Waals surface area contributed by atoms with E-state index in [1.54, 1.807) is 49.5 Å². The van der Waals surface area contributed by atoms with Crippen LogP contribution in [0.1, 0.15) is 27.6 Å². The molecule has 3 rings (SSSR count). The third-order valence-electron chi connectivity index (χ3n) is 4.53. The van der Waals surface area contributed by atoms with Crippen molar-refractivity contribution >= 4 is 17.5 Å². The van der Waals surface area contributed by atoms with Gasteiger partial charge in [-0.1, -0.05) is 18.2 Å². The predicted octanol–water partition coefficient (Wildman–Crippen LogP) is 1.70. The van der Waals surface area contributed by atoms with Crippen molar-refractivity contribution in [3.8, 4) is 6.07 Å². The largest absolute Gasteiger partial charge is 0.386 e. The molecule has 2 aromatic rings. The molecule has 2 N–H and O–H groups in total. The number of aliphatic hydroxyl groups is 1. The number of morpholine rings is 1. The molecule has 0 bridgehead atoms. The lowest BCUT2D eigenvalue weighted by atomic mass is 10.0. The Hall–Kier alpha value is -3.21. The maximum atomic E-state index is 12.3. The van der Waals surface area contributed by atoms with Gasteiger partial charge in [0.05, 0.1) is 24.3 Å². The number of ether oxygens (including phenoxy) is 1. The smallest absolute Gasteiger partial charge is 0.255 e. The van der Waals surface area contributed by atoms with Crippen molar-refractivity contribution in [2.45, 2.75) is 12.1 Å². The maximum Gasteiger partial charge on any atom is 0.255 e. The molecular weight excluding hydrogens is 346 g/mol. The summed E-state index contributed by atoms with van der Waals surface area (Å²) in [5, 5.41) is 22.2. The Bertz CT molecular complexity index is 889. The topological polar surface area (TPSA) is 103 Å². The van der Waals surface area contributed by atoms with Crippen molar-refractivity contribution in [2.75, 3.05) is 25.6 Å². The van der Waals surface area contributed by atoms with Crippen LogP contribution in [-0.4, -0.2) is 48.1 Å². The molecule has 1 saturated heterocycles. The molecule has 0 spiro atoms. The first-order chi connectivity index (χ1) is 13.0. The molecule has 1 aliphatic heterocycles. The average Bonchev–Trinajstić information content (AvgIpc) is 2.70. The summed E-state index contributed by atoms with van der Waals surface area (Å²) in [6.07, 6.45) is -0.892. The molecule has 0 radical (unpaired) electrons. The third kappa shape index (κ3) is 4.14. The van der Waals surface area contributed by atoms with Crippen LogP contribution in [0.4, 0.5) is 5.69 Å². The summed E-state index contributed by atoms with van der Waals surface area (Å²) in [7, 11) is 1.64. The Balaban J connectivity index is 1.69. The number of likely N-dealkylation sites (N-methyl/N-ethyl adjacent to an activating group) is 1. The van der Waals surface area contributed by atoms with Crippen molar-refractivity contribution in [3.05, 3.63) is 65.2 Å². The van der Waals surface area contributed by atoms with Gasteiger partial charge < -0.3 is 20.1 Å². The van der Waals surface area contributed by atoms with Crippen LogP contribution in [0, 0.1) is 11.3 Å². The number of benzene rings is 2. The second-order valence-corrected chi connectivity index (χ2v) is 6.30. The number of carbonyl (C=O) groups excluding carboxylic acids is 2. The Morgan fingerprint density at radius 2 is 2.07 bits per heavy atom. The molecular formula is C20H19N3O4. The van der Waals surface area contributed by atoms with Gasteiger partial charge in [-0.2, -0.15) is 5.26 Å². The van der Waals surface area contributed by atoms with Gasteiger partial charge >= 0.3 is 0 Å². The molecule has 1 heterocycles. The number of nitriles is 1. The number of carbonyl (C=O) groups is 2. The van der Waals surface area contributed by atoms with E-state index in [2.05, 4.69) is 5.32 Å². The number of amides is 2. The molecule has 1 fully saturated rings. The van der Waals surface area contributed by atoms with Gasteiger partial charge in [-0.05, 0) is 35.9 Å². The minimum atomic E-state index is -0.892. The molecule has 138 valence electrons. The van der Waals surface area contributed by atoms with Crippen LogP contribution in [0.2, 0.25) is 0 Å². The summed E-state index contributed by atoms with van der Waals surface area (Å²) < 4.78 is 5.22. The fraction of sp³-hybridized carbons (Fsp3) is 0.250. The SMILES string of the molecule is CN1C(=O)COC[C@@H]1[C@H](O)c1ccc(NC(=O)c2cccc(C#N)c2)cc1. The van der Waals surface area contributed by atoms with Crippen LogP contribution in [0.5, 0.6) is 0 Å². The summed E-state index contributed by atoms with van der Waals surface area (Å²) in [6, 6.07) is 14.7. The zero-order chi connectivity index (χ0) is 19.4. The summed E-state index contributed by atoms with van der Waals surface area (Å²) in [4.78, 5) is 25.5. The monoisotopic (exact) mass is 365 g/mol. The van der Waals surface area contributed by atoms with Gasteiger partial charge in [0.15, 0.2) is 0 Å². The first kappa shape index (κ1) is 18.6. The molecule has 1 aliphatic rings. The molecule has 27 heavy (non-hydrogen) atoms. The van der Waals surface area contributed by atoms with E-state index < -0.39 is 12.1 Å². The summed E-state index contributed by atoms with van der Waals surface area (Å²) in [5.74, 6) is -0.500. The highest BCUT2D eigenvalue weighted by Gasteiger charge is 2.32. The maximum absolute atomic E-state index is 12.3. The Morgan fingerprint density at radius 3 is 2.78 bits per heavy atom. The number of rotatable bonds is 4. The number of nitrogens with zero attached hydrogens (tertiary/aromatic N) is 2. The van der Waals surface area contributed by atoms with Gasteiger partial charge in [0.2, 0.25) is 5.91 Å². The first-order valence-electron chi connectivity index (χ1n) is 8.42. The summed E-state index contributed by atoms with van der Waals surface area (Å²) in [6.45, 7) is 0.287. The van der Waals surface area contributed by atoms with E-state index in [1.807, 2.05) is 6.07 Å². The van der Waals surface area contributed by atoms with Gasteiger partial charge in [0.1, 0.15) is 12.7 Å². The van der Waals surface area contributed by atoms with E-state index in [4.69, 9.17) is 10.00 Å². The van der Waals surface area contributed by atoms with Gasteiger partial charge in [0.25, 0.3) is 5.91 Å². The van der Waals surface area contributed by atoms with Gasteiger partial charge in [-0.3, -0.25) is 9.59 Å². The Kier molecular flexibility index (Phi) is 5.50. The standard InChI is InChI=1S/C20H19N3O4/c1-23-17(11-27-12-18(23)24)19(25)14-5-7-16(8-6-14)22-20(26)15-4-2-3-13(9-15)10-21/h2-9,17,19,25H,11-12H2,1H3,(H,22,26)/t17-,19-/m1/s1. The Morgan fingerprint density at radius 1 is 1.33 bits per heavy atom. The zero-order valence-electron chi connectivity index (χ0n) is 14.8. The van der Waals surface area contributed by atoms with Crippen LogP contribution < -0.4 is 5.32 Å². The van der Waals surface area contributed by atoms with Crippen molar-refractivity contribution in [1.29, 1.82) is 5.26 Å². The number of aliphatic hydroxyl groups excluding tert-OH is 1. The molecule has 0 saturated carbocycles. The second kappa shape index (κ2) is 7.99. The molecule has 2 atom stereocenters. The van der Waals surface area contributed by atoms with Crippen molar-refractivity contribution < 1.29 is 19.4 Å². The van der Waals surface area contributed by atoms with Crippen LogP contribution in [0.3, 0.4) is 0 Å². The van der Waals surface area contributed by atoms with Crippen LogP contribution >= 0.6 is 0 Å². The van der Waals surface area contributed by atoms with Crippen LogP contribution in [-0.2, 0) is 9.53 Å².